The molecule has 1 aromatic heterocycles. The number of nitrogens with one attached hydrogen (secondary N) is 1. The molecule has 1 unspecified atom stereocenters. The molecule has 0 radical (unpaired) electrons. The Morgan fingerprint density at radius 2 is 2.33 bits per heavy atom. The molecule has 3 nitrogen and oxygen atoms in total. The standard InChI is InChI=1S/C10H13Br2N3/c1-13-8-2-3-15(6-8)10-9(12)4-7(11)5-14-10/h4-5,8,13H,2-3,6H2,1H3. The van der Waals surface area contributed by atoms with E-state index in [9.17, 15) is 0 Å². The summed E-state index contributed by atoms with van der Waals surface area (Å²) in [5.74, 6) is 1.04. The molecule has 0 spiro atoms. The van der Waals surface area contributed by atoms with E-state index in [1.807, 2.05) is 19.3 Å². The van der Waals surface area contributed by atoms with E-state index in [-0.39, 0.29) is 0 Å². The van der Waals surface area contributed by atoms with Crippen molar-refractivity contribution in [3.63, 3.8) is 0 Å². The van der Waals surface area contributed by atoms with E-state index < -0.39 is 0 Å². The van der Waals surface area contributed by atoms with Gasteiger partial charge < -0.3 is 10.2 Å². The fraction of sp³-hybridized carbons (Fsp3) is 0.500. The second-order valence-electron chi connectivity index (χ2n) is 3.68. The summed E-state index contributed by atoms with van der Waals surface area (Å²) in [6, 6.07) is 2.62. The Morgan fingerprint density at radius 1 is 1.53 bits per heavy atom. The molecule has 1 aliphatic heterocycles. The number of aromatic nitrogens is 1. The van der Waals surface area contributed by atoms with Gasteiger partial charge in [-0.3, -0.25) is 0 Å². The molecule has 0 aliphatic carbocycles. The molecule has 82 valence electrons. The minimum atomic E-state index is 0.586. The molecule has 15 heavy (non-hydrogen) atoms. The van der Waals surface area contributed by atoms with Gasteiger partial charge in [-0.2, -0.15) is 0 Å². The van der Waals surface area contributed by atoms with Gasteiger partial charge in [0.05, 0.1) is 4.47 Å². The molecule has 0 bridgehead atoms. The van der Waals surface area contributed by atoms with Crippen molar-refractivity contribution in [2.24, 2.45) is 0 Å². The van der Waals surface area contributed by atoms with Crippen LogP contribution in [-0.4, -0.2) is 31.2 Å². The van der Waals surface area contributed by atoms with Crippen LogP contribution >= 0.6 is 31.9 Å². The monoisotopic (exact) mass is 333 g/mol. The van der Waals surface area contributed by atoms with Crippen molar-refractivity contribution < 1.29 is 0 Å². The van der Waals surface area contributed by atoms with Crippen molar-refractivity contribution in [1.29, 1.82) is 0 Å². The number of anilines is 1. The maximum atomic E-state index is 4.43. The average Bonchev–Trinajstić information content (AvgIpc) is 2.66. The van der Waals surface area contributed by atoms with Crippen LogP contribution < -0.4 is 10.2 Å². The zero-order valence-electron chi connectivity index (χ0n) is 8.50. The molecule has 1 aromatic rings. The van der Waals surface area contributed by atoms with Crippen molar-refractivity contribution in [3.8, 4) is 0 Å². The summed E-state index contributed by atoms with van der Waals surface area (Å²) in [4.78, 5) is 6.74. The summed E-state index contributed by atoms with van der Waals surface area (Å²) in [5.41, 5.74) is 0. The molecule has 2 rings (SSSR count). The lowest BCUT2D eigenvalue weighted by atomic mass is 10.3. The van der Waals surface area contributed by atoms with Crippen LogP contribution in [0.1, 0.15) is 6.42 Å². The van der Waals surface area contributed by atoms with Crippen LogP contribution in [-0.2, 0) is 0 Å². The van der Waals surface area contributed by atoms with Gasteiger partial charge in [-0.1, -0.05) is 0 Å². The maximum absolute atomic E-state index is 4.43. The van der Waals surface area contributed by atoms with Crippen molar-refractivity contribution in [3.05, 3.63) is 21.2 Å². The fourth-order valence-electron chi connectivity index (χ4n) is 1.83. The summed E-state index contributed by atoms with van der Waals surface area (Å²) in [6.45, 7) is 2.10. The SMILES string of the molecule is CNC1CCN(c2ncc(Br)cc2Br)C1. The van der Waals surface area contributed by atoms with Crippen molar-refractivity contribution in [2.75, 3.05) is 25.0 Å². The van der Waals surface area contributed by atoms with E-state index in [1.54, 1.807) is 0 Å². The second kappa shape index (κ2) is 4.80. The van der Waals surface area contributed by atoms with Gasteiger partial charge in [-0.05, 0) is 51.4 Å². The van der Waals surface area contributed by atoms with E-state index in [1.165, 1.54) is 6.42 Å². The van der Waals surface area contributed by atoms with Crippen LogP contribution in [0.25, 0.3) is 0 Å². The molecule has 1 N–H and O–H groups in total. The molecular weight excluding hydrogens is 322 g/mol. The summed E-state index contributed by atoms with van der Waals surface area (Å²) >= 11 is 6.95. The van der Waals surface area contributed by atoms with Crippen LogP contribution in [0.4, 0.5) is 5.82 Å². The number of hydrogen-bond acceptors (Lipinski definition) is 3. The normalized spacial score (nSPS) is 21.0. The smallest absolute Gasteiger partial charge is 0.142 e. The quantitative estimate of drug-likeness (QED) is 0.900. The highest BCUT2D eigenvalue weighted by Crippen LogP contribution is 2.28. The summed E-state index contributed by atoms with van der Waals surface area (Å²) < 4.78 is 2.05. The van der Waals surface area contributed by atoms with Crippen LogP contribution in [0, 0.1) is 0 Å². The highest BCUT2D eigenvalue weighted by atomic mass is 79.9. The number of nitrogens with zero attached hydrogens (tertiary/aromatic N) is 2. The van der Waals surface area contributed by atoms with Crippen LogP contribution in [0.3, 0.4) is 0 Å². The molecular formula is C10H13Br2N3. The van der Waals surface area contributed by atoms with Gasteiger partial charge in [-0.15, -0.1) is 0 Å². The molecule has 1 atom stereocenters. The van der Waals surface area contributed by atoms with Crippen molar-refractivity contribution in [1.82, 2.24) is 10.3 Å². The lowest BCUT2D eigenvalue weighted by Crippen LogP contribution is -2.30. The number of pyridine rings is 1. The van der Waals surface area contributed by atoms with Gasteiger partial charge in [0.25, 0.3) is 0 Å². The Labute approximate surface area is 107 Å². The van der Waals surface area contributed by atoms with Gasteiger partial charge >= 0.3 is 0 Å². The van der Waals surface area contributed by atoms with Gasteiger partial charge in [0.1, 0.15) is 5.82 Å². The molecule has 5 heteroatoms. The van der Waals surface area contributed by atoms with Gasteiger partial charge in [0, 0.05) is 29.8 Å². The number of rotatable bonds is 2. The number of hydrogen-bond donors (Lipinski definition) is 1. The third-order valence-corrected chi connectivity index (χ3v) is 3.70. The zero-order chi connectivity index (χ0) is 10.8. The first-order valence-corrected chi connectivity index (χ1v) is 6.52. The minimum Gasteiger partial charge on any atom is -0.354 e. The lowest BCUT2D eigenvalue weighted by molar-refractivity contribution is 0.616. The molecule has 1 fully saturated rings. The second-order valence-corrected chi connectivity index (χ2v) is 5.45. The van der Waals surface area contributed by atoms with Gasteiger partial charge in [0.15, 0.2) is 0 Å². The van der Waals surface area contributed by atoms with E-state index >= 15 is 0 Å². The fourth-order valence-corrected chi connectivity index (χ4v) is 3.07. The van der Waals surface area contributed by atoms with Gasteiger partial charge in [-0.25, -0.2) is 4.98 Å². The predicted molar refractivity (Wildman–Crippen MR) is 69.3 cm³/mol. The highest BCUT2D eigenvalue weighted by Gasteiger charge is 2.23. The van der Waals surface area contributed by atoms with Crippen LogP contribution in [0.5, 0.6) is 0 Å². The van der Waals surface area contributed by atoms with Crippen LogP contribution in [0.2, 0.25) is 0 Å². The highest BCUT2D eigenvalue weighted by molar-refractivity contribution is 9.11. The predicted octanol–water partition coefficient (Wildman–Crippen LogP) is 2.40. The van der Waals surface area contributed by atoms with E-state index in [0.29, 0.717) is 6.04 Å². The Kier molecular flexibility index (Phi) is 3.64. The van der Waals surface area contributed by atoms with E-state index in [2.05, 4.69) is 47.1 Å². The number of halogens is 2. The Balaban J connectivity index is 2.17. The maximum Gasteiger partial charge on any atom is 0.142 e. The first-order valence-electron chi connectivity index (χ1n) is 4.94. The third-order valence-electron chi connectivity index (χ3n) is 2.68. The largest absolute Gasteiger partial charge is 0.354 e. The summed E-state index contributed by atoms with van der Waals surface area (Å²) in [6.07, 6.45) is 3.02. The molecule has 0 amide bonds. The van der Waals surface area contributed by atoms with Crippen LogP contribution in [0.15, 0.2) is 21.2 Å². The van der Waals surface area contributed by atoms with Crippen molar-refractivity contribution >= 4 is 37.7 Å². The topological polar surface area (TPSA) is 28.2 Å². The molecule has 2 heterocycles. The Hall–Kier alpha value is -0.130. The zero-order valence-corrected chi connectivity index (χ0v) is 11.7. The van der Waals surface area contributed by atoms with Crippen molar-refractivity contribution in [2.45, 2.75) is 12.5 Å². The van der Waals surface area contributed by atoms with E-state index in [0.717, 1.165) is 27.9 Å². The molecule has 0 aromatic carbocycles. The van der Waals surface area contributed by atoms with E-state index in [4.69, 9.17) is 0 Å². The molecule has 1 aliphatic rings. The summed E-state index contributed by atoms with van der Waals surface area (Å²) in [5, 5.41) is 3.30. The Morgan fingerprint density at radius 3 is 2.93 bits per heavy atom. The molecule has 1 saturated heterocycles. The number of likely N-dealkylation sites (N-methyl/N-ethyl adjacent to an activating group) is 1. The lowest BCUT2D eigenvalue weighted by Gasteiger charge is -2.18. The minimum absolute atomic E-state index is 0.586. The third kappa shape index (κ3) is 2.52. The molecule has 0 saturated carbocycles. The Bertz CT molecular complexity index is 357. The average molecular weight is 335 g/mol. The van der Waals surface area contributed by atoms with Gasteiger partial charge in [0.2, 0.25) is 0 Å². The summed E-state index contributed by atoms with van der Waals surface area (Å²) in [7, 11) is 2.01. The first-order chi connectivity index (χ1) is 7.20. The first kappa shape index (κ1) is 11.4.